The van der Waals surface area contributed by atoms with Gasteiger partial charge in [0.2, 0.25) is 0 Å². The van der Waals surface area contributed by atoms with E-state index >= 15 is 0 Å². The van der Waals surface area contributed by atoms with Crippen LogP contribution in [0.4, 0.5) is 13.2 Å². The summed E-state index contributed by atoms with van der Waals surface area (Å²) in [5, 5.41) is 19.2. The highest BCUT2D eigenvalue weighted by molar-refractivity contribution is 5.76. The van der Waals surface area contributed by atoms with Gasteiger partial charge in [0.1, 0.15) is 11.5 Å². The molecule has 0 amide bonds. The molecule has 3 N–H and O–H groups in total. The van der Waals surface area contributed by atoms with Gasteiger partial charge in [-0.15, -0.1) is 13.2 Å². The maximum absolute atomic E-state index is 12.3. The van der Waals surface area contributed by atoms with E-state index in [1.165, 1.54) is 24.3 Å². The molecule has 27 heavy (non-hydrogen) atoms. The Morgan fingerprint density at radius 2 is 2.00 bits per heavy atom. The Bertz CT molecular complexity index is 874. The van der Waals surface area contributed by atoms with Gasteiger partial charge in [-0.3, -0.25) is 0 Å². The van der Waals surface area contributed by atoms with Crippen LogP contribution < -0.4 is 15.2 Å². The number of ether oxygens (including phenoxy) is 2. The summed E-state index contributed by atoms with van der Waals surface area (Å²) in [6, 6.07) is 9.15. The first-order valence-electron chi connectivity index (χ1n) is 8.26. The zero-order valence-corrected chi connectivity index (χ0v) is 14.2. The Balaban J connectivity index is 2.05. The number of alkyl halides is 3. The first-order valence-corrected chi connectivity index (χ1v) is 8.26. The fourth-order valence-corrected chi connectivity index (χ4v) is 3.29. The molecule has 0 bridgehead atoms. The number of nitrogens with two attached hydrogens (primary N) is 1. The fraction of sp³-hybridized carbons (Fsp3) is 0.316. The van der Waals surface area contributed by atoms with Gasteiger partial charge in [0, 0.05) is 24.1 Å². The molecule has 0 saturated carbocycles. The number of hydrogen-bond donors (Lipinski definition) is 2. The molecule has 0 radical (unpaired) electrons. The summed E-state index contributed by atoms with van der Waals surface area (Å²) in [6.45, 7) is 0.561. The molecule has 1 atom stereocenters. The number of aliphatic hydroxyl groups is 1. The lowest BCUT2D eigenvalue weighted by Crippen LogP contribution is -2.16. The van der Waals surface area contributed by atoms with Crippen LogP contribution in [0.15, 0.2) is 30.3 Å². The van der Waals surface area contributed by atoms with E-state index in [-0.39, 0.29) is 18.7 Å². The molecule has 142 valence electrons. The molecule has 1 heterocycles. The lowest BCUT2D eigenvalue weighted by atomic mass is 9.89. The summed E-state index contributed by atoms with van der Waals surface area (Å²) >= 11 is 0. The molecule has 1 aliphatic rings. The summed E-state index contributed by atoms with van der Waals surface area (Å²) in [5.41, 5.74) is 9.21. The van der Waals surface area contributed by atoms with Crippen LogP contribution in [-0.4, -0.2) is 18.1 Å². The zero-order chi connectivity index (χ0) is 19.6. The van der Waals surface area contributed by atoms with Crippen molar-refractivity contribution in [2.45, 2.75) is 31.9 Å². The molecular weight excluding hydrogens is 361 g/mol. The number of fused-ring (bicyclic) bond motifs is 1. The van der Waals surface area contributed by atoms with Crippen molar-refractivity contribution in [1.29, 1.82) is 5.26 Å². The van der Waals surface area contributed by atoms with Crippen molar-refractivity contribution in [1.82, 2.24) is 0 Å². The summed E-state index contributed by atoms with van der Waals surface area (Å²) in [5.74, 6) is 0.243. The van der Waals surface area contributed by atoms with E-state index in [9.17, 15) is 18.3 Å². The second-order valence-electron chi connectivity index (χ2n) is 6.06. The zero-order valence-electron chi connectivity index (χ0n) is 14.2. The van der Waals surface area contributed by atoms with Crippen LogP contribution in [0.2, 0.25) is 0 Å². The van der Waals surface area contributed by atoms with E-state index in [2.05, 4.69) is 4.74 Å². The third-order valence-electron chi connectivity index (χ3n) is 4.34. The van der Waals surface area contributed by atoms with Gasteiger partial charge in [0.15, 0.2) is 0 Å². The number of nitriles is 1. The van der Waals surface area contributed by atoms with Crippen LogP contribution in [0.5, 0.6) is 11.5 Å². The van der Waals surface area contributed by atoms with Gasteiger partial charge in [-0.1, -0.05) is 12.1 Å². The summed E-state index contributed by atoms with van der Waals surface area (Å²) in [4.78, 5) is 0. The molecule has 2 aromatic carbocycles. The van der Waals surface area contributed by atoms with Gasteiger partial charge in [0.05, 0.1) is 25.2 Å². The number of hydrogen-bond acceptors (Lipinski definition) is 5. The molecule has 1 aliphatic heterocycles. The van der Waals surface area contributed by atoms with Gasteiger partial charge < -0.3 is 20.3 Å². The second-order valence-corrected chi connectivity index (χ2v) is 6.06. The van der Waals surface area contributed by atoms with E-state index < -0.39 is 12.5 Å². The average molecular weight is 378 g/mol. The smallest absolute Gasteiger partial charge is 0.492 e. The Kier molecular flexibility index (Phi) is 5.26. The van der Waals surface area contributed by atoms with Crippen LogP contribution >= 0.6 is 0 Å². The minimum Gasteiger partial charge on any atom is -0.492 e. The highest BCUT2D eigenvalue weighted by atomic mass is 19.4. The van der Waals surface area contributed by atoms with E-state index in [1.807, 2.05) is 6.07 Å². The quantitative estimate of drug-likeness (QED) is 0.830. The molecule has 8 heteroatoms. The van der Waals surface area contributed by atoms with Crippen LogP contribution in [0.3, 0.4) is 0 Å². The average Bonchev–Trinajstić information content (AvgIpc) is 3.09. The molecule has 3 rings (SSSR count). The Morgan fingerprint density at radius 1 is 1.30 bits per heavy atom. The van der Waals surface area contributed by atoms with Gasteiger partial charge in [-0.25, -0.2) is 0 Å². The van der Waals surface area contributed by atoms with Gasteiger partial charge in [-0.2, -0.15) is 5.26 Å². The van der Waals surface area contributed by atoms with Crippen molar-refractivity contribution in [3.05, 3.63) is 47.0 Å². The monoisotopic (exact) mass is 378 g/mol. The molecule has 0 aromatic heterocycles. The molecular formula is C19H17F3N2O3. The predicted molar refractivity (Wildman–Crippen MR) is 90.8 cm³/mol. The van der Waals surface area contributed by atoms with Crippen LogP contribution in [0.1, 0.15) is 29.2 Å². The maximum Gasteiger partial charge on any atom is 0.573 e. The van der Waals surface area contributed by atoms with Gasteiger partial charge in [0.25, 0.3) is 0 Å². The highest BCUT2D eigenvalue weighted by Crippen LogP contribution is 2.43. The minimum absolute atomic E-state index is 0.0672. The summed E-state index contributed by atoms with van der Waals surface area (Å²) in [7, 11) is 0. The normalized spacial score (nSPS) is 14.2. The summed E-state index contributed by atoms with van der Waals surface area (Å²) < 4.78 is 46.6. The molecule has 2 aromatic rings. The van der Waals surface area contributed by atoms with E-state index in [0.29, 0.717) is 41.0 Å². The van der Waals surface area contributed by atoms with Gasteiger partial charge in [-0.05, 0) is 34.9 Å². The molecule has 5 nitrogen and oxygen atoms in total. The van der Waals surface area contributed by atoms with Crippen molar-refractivity contribution < 1.29 is 27.8 Å². The Morgan fingerprint density at radius 3 is 2.59 bits per heavy atom. The summed E-state index contributed by atoms with van der Waals surface area (Å²) in [6.07, 6.45) is -5.23. The Hall–Kier alpha value is -2.76. The highest BCUT2D eigenvalue weighted by Gasteiger charge is 2.31. The third-order valence-corrected chi connectivity index (χ3v) is 4.34. The SMILES string of the molecule is N#CCC(O)c1c(CN)cc(-c2ccc(OC(F)(F)F)cc2)c2c1CCO2. The topological polar surface area (TPSA) is 88.5 Å². The third kappa shape index (κ3) is 3.99. The minimum atomic E-state index is -4.75. The molecule has 1 unspecified atom stereocenters. The van der Waals surface area contributed by atoms with Crippen molar-refractivity contribution in [2.75, 3.05) is 6.61 Å². The van der Waals surface area contributed by atoms with E-state index in [1.54, 1.807) is 6.07 Å². The lowest BCUT2D eigenvalue weighted by molar-refractivity contribution is -0.274. The van der Waals surface area contributed by atoms with E-state index in [4.69, 9.17) is 15.7 Å². The number of halogens is 3. The van der Waals surface area contributed by atoms with Crippen LogP contribution in [-0.2, 0) is 13.0 Å². The number of rotatable bonds is 5. The largest absolute Gasteiger partial charge is 0.573 e. The second kappa shape index (κ2) is 7.47. The lowest BCUT2D eigenvalue weighted by Gasteiger charge is -2.19. The van der Waals surface area contributed by atoms with Gasteiger partial charge >= 0.3 is 6.36 Å². The van der Waals surface area contributed by atoms with Crippen LogP contribution in [0, 0.1) is 11.3 Å². The molecule has 0 spiro atoms. The first-order chi connectivity index (χ1) is 12.8. The number of benzene rings is 2. The first kappa shape index (κ1) is 19.0. The molecule has 0 fully saturated rings. The molecule has 0 saturated heterocycles. The van der Waals surface area contributed by atoms with Crippen LogP contribution in [0.25, 0.3) is 11.1 Å². The van der Waals surface area contributed by atoms with Crippen molar-refractivity contribution >= 4 is 0 Å². The predicted octanol–water partition coefficient (Wildman–Crippen LogP) is 3.59. The van der Waals surface area contributed by atoms with Crippen molar-refractivity contribution in [3.63, 3.8) is 0 Å². The molecule has 0 aliphatic carbocycles. The fourth-order valence-electron chi connectivity index (χ4n) is 3.29. The number of aliphatic hydroxyl groups excluding tert-OH is 1. The standard InChI is InChI=1S/C19H17F3N2O3/c20-19(21,22)27-13-3-1-11(2-4-13)15-9-12(10-24)17(16(25)5-7-23)14-6-8-26-18(14)15/h1-4,9,16,25H,5-6,8,10,24H2. The van der Waals surface area contributed by atoms with Crippen molar-refractivity contribution in [3.8, 4) is 28.7 Å². The number of nitrogens with zero attached hydrogens (tertiary/aromatic N) is 1. The Labute approximate surface area is 153 Å². The van der Waals surface area contributed by atoms with Crippen molar-refractivity contribution in [2.24, 2.45) is 5.73 Å². The van der Waals surface area contributed by atoms with E-state index in [0.717, 1.165) is 5.56 Å². The maximum atomic E-state index is 12.3.